The maximum Gasteiger partial charge on any atom is 0.132 e. The highest BCUT2D eigenvalue weighted by Gasteiger charge is 2.23. The standard InChI is InChI=1S/C22H29FN2O/c1-4-21(23)20-16-18(25-13-11-24(5-2)12-14-25)15-19(22(20)26-3)17-9-7-6-8-10-17/h6-10,15-16,21H,4-5,11-14H2,1-3H3. The van der Waals surface area contributed by atoms with Gasteiger partial charge in [0.25, 0.3) is 0 Å². The van der Waals surface area contributed by atoms with Crippen LogP contribution in [0.2, 0.25) is 0 Å². The van der Waals surface area contributed by atoms with Crippen molar-refractivity contribution in [2.45, 2.75) is 26.4 Å². The van der Waals surface area contributed by atoms with Crippen LogP contribution in [0.1, 0.15) is 32.0 Å². The van der Waals surface area contributed by atoms with E-state index in [1.54, 1.807) is 7.11 Å². The second kappa shape index (κ2) is 8.54. The van der Waals surface area contributed by atoms with Crippen LogP contribution in [0, 0.1) is 0 Å². The van der Waals surface area contributed by atoms with Crippen molar-refractivity contribution in [2.75, 3.05) is 44.7 Å². The fourth-order valence-electron chi connectivity index (χ4n) is 3.65. The van der Waals surface area contributed by atoms with Crippen LogP contribution in [0.5, 0.6) is 5.75 Å². The molecule has 0 spiro atoms. The Balaban J connectivity index is 2.05. The zero-order valence-corrected chi connectivity index (χ0v) is 16.0. The summed E-state index contributed by atoms with van der Waals surface area (Å²) in [5.41, 5.74) is 3.77. The zero-order valence-electron chi connectivity index (χ0n) is 16.0. The molecule has 0 bridgehead atoms. The molecule has 0 aliphatic carbocycles. The lowest BCUT2D eigenvalue weighted by Gasteiger charge is -2.36. The van der Waals surface area contributed by atoms with Crippen molar-refractivity contribution in [1.29, 1.82) is 0 Å². The van der Waals surface area contributed by atoms with Crippen LogP contribution < -0.4 is 9.64 Å². The average Bonchev–Trinajstić information content (AvgIpc) is 2.72. The normalized spacial score (nSPS) is 16.5. The van der Waals surface area contributed by atoms with Crippen molar-refractivity contribution < 1.29 is 9.13 Å². The van der Waals surface area contributed by atoms with E-state index in [2.05, 4.69) is 34.9 Å². The van der Waals surface area contributed by atoms with Gasteiger partial charge in [0.05, 0.1) is 7.11 Å². The Kier molecular flexibility index (Phi) is 6.15. The highest BCUT2D eigenvalue weighted by Crippen LogP contribution is 2.42. The molecule has 4 heteroatoms. The zero-order chi connectivity index (χ0) is 18.5. The highest BCUT2D eigenvalue weighted by atomic mass is 19.1. The number of ether oxygens (including phenoxy) is 1. The van der Waals surface area contributed by atoms with Gasteiger partial charge in [0.2, 0.25) is 0 Å². The monoisotopic (exact) mass is 356 g/mol. The summed E-state index contributed by atoms with van der Waals surface area (Å²) in [6, 6.07) is 14.3. The first kappa shape index (κ1) is 18.7. The van der Waals surface area contributed by atoms with Gasteiger partial charge in [0, 0.05) is 43.0 Å². The van der Waals surface area contributed by atoms with E-state index < -0.39 is 6.17 Å². The van der Waals surface area contributed by atoms with Crippen molar-refractivity contribution in [2.24, 2.45) is 0 Å². The SMILES string of the molecule is CCC(F)c1cc(N2CCN(CC)CC2)cc(-c2ccccc2)c1OC. The van der Waals surface area contributed by atoms with E-state index in [-0.39, 0.29) is 0 Å². The van der Waals surface area contributed by atoms with E-state index >= 15 is 0 Å². The number of methoxy groups -OCH3 is 1. The number of halogens is 1. The van der Waals surface area contributed by atoms with Gasteiger partial charge in [-0.1, -0.05) is 44.2 Å². The molecule has 1 atom stereocenters. The first-order valence-electron chi connectivity index (χ1n) is 9.56. The number of hydrogen-bond acceptors (Lipinski definition) is 3. The Hall–Kier alpha value is -2.07. The Morgan fingerprint density at radius 1 is 1.04 bits per heavy atom. The predicted molar refractivity (Wildman–Crippen MR) is 107 cm³/mol. The Labute approximate surface area is 156 Å². The summed E-state index contributed by atoms with van der Waals surface area (Å²) in [5, 5.41) is 0. The molecule has 0 aromatic heterocycles. The summed E-state index contributed by atoms with van der Waals surface area (Å²) < 4.78 is 20.4. The quantitative estimate of drug-likeness (QED) is 0.730. The number of piperazine rings is 1. The van der Waals surface area contributed by atoms with E-state index in [4.69, 9.17) is 4.74 Å². The molecule has 0 saturated carbocycles. The van der Waals surface area contributed by atoms with Crippen molar-refractivity contribution in [3.05, 3.63) is 48.0 Å². The first-order valence-corrected chi connectivity index (χ1v) is 9.56. The molecule has 1 aliphatic rings. The van der Waals surface area contributed by atoms with Crippen LogP contribution in [-0.4, -0.2) is 44.7 Å². The van der Waals surface area contributed by atoms with Crippen LogP contribution in [0.15, 0.2) is 42.5 Å². The van der Waals surface area contributed by atoms with Crippen LogP contribution >= 0.6 is 0 Å². The Morgan fingerprint density at radius 2 is 1.73 bits per heavy atom. The second-order valence-electron chi connectivity index (χ2n) is 6.78. The number of benzene rings is 2. The number of hydrogen-bond donors (Lipinski definition) is 0. The van der Waals surface area contributed by atoms with Gasteiger partial charge < -0.3 is 14.5 Å². The molecule has 0 radical (unpaired) electrons. The van der Waals surface area contributed by atoms with E-state index in [0.717, 1.165) is 49.5 Å². The number of rotatable bonds is 6. The lowest BCUT2D eigenvalue weighted by Crippen LogP contribution is -2.46. The summed E-state index contributed by atoms with van der Waals surface area (Å²) in [6.07, 6.45) is -0.582. The Morgan fingerprint density at radius 3 is 2.31 bits per heavy atom. The summed E-state index contributed by atoms with van der Waals surface area (Å²) in [7, 11) is 1.63. The molecule has 1 unspecified atom stereocenters. The van der Waals surface area contributed by atoms with E-state index in [1.807, 2.05) is 31.2 Å². The van der Waals surface area contributed by atoms with Gasteiger partial charge in [-0.25, -0.2) is 4.39 Å². The topological polar surface area (TPSA) is 15.7 Å². The van der Waals surface area contributed by atoms with Crippen molar-refractivity contribution in [3.8, 4) is 16.9 Å². The van der Waals surface area contributed by atoms with Crippen molar-refractivity contribution in [1.82, 2.24) is 4.90 Å². The molecular formula is C22H29FN2O. The van der Waals surface area contributed by atoms with Gasteiger partial charge in [-0.2, -0.15) is 0 Å². The summed E-state index contributed by atoms with van der Waals surface area (Å²) in [5.74, 6) is 0.654. The number of anilines is 1. The van der Waals surface area contributed by atoms with Crippen LogP contribution in [0.25, 0.3) is 11.1 Å². The molecule has 1 saturated heterocycles. The molecule has 140 valence electrons. The van der Waals surface area contributed by atoms with Gasteiger partial charge >= 0.3 is 0 Å². The second-order valence-corrected chi connectivity index (χ2v) is 6.78. The predicted octanol–water partition coefficient (Wildman–Crippen LogP) is 4.92. The van der Waals surface area contributed by atoms with Crippen molar-refractivity contribution >= 4 is 5.69 Å². The number of nitrogens with zero attached hydrogens (tertiary/aromatic N) is 2. The first-order chi connectivity index (χ1) is 12.7. The van der Waals surface area contributed by atoms with Gasteiger partial charge in [0.15, 0.2) is 0 Å². The molecule has 1 heterocycles. The summed E-state index contributed by atoms with van der Waals surface area (Å²) in [4.78, 5) is 4.81. The van der Waals surface area contributed by atoms with Gasteiger partial charge in [-0.15, -0.1) is 0 Å². The average molecular weight is 356 g/mol. The molecule has 0 amide bonds. The minimum atomic E-state index is -1.02. The maximum absolute atomic E-state index is 14.8. The third kappa shape index (κ3) is 3.85. The van der Waals surface area contributed by atoms with Crippen LogP contribution in [0.4, 0.5) is 10.1 Å². The number of likely N-dealkylation sites (N-methyl/N-ethyl adjacent to an activating group) is 1. The van der Waals surface area contributed by atoms with Crippen LogP contribution in [0.3, 0.4) is 0 Å². The maximum atomic E-state index is 14.8. The van der Waals surface area contributed by atoms with Crippen molar-refractivity contribution in [3.63, 3.8) is 0 Å². The molecule has 0 N–H and O–H groups in total. The molecule has 2 aromatic rings. The smallest absolute Gasteiger partial charge is 0.132 e. The molecule has 1 fully saturated rings. The summed E-state index contributed by atoms with van der Waals surface area (Å²) >= 11 is 0. The number of alkyl halides is 1. The van der Waals surface area contributed by atoms with E-state index in [9.17, 15) is 4.39 Å². The summed E-state index contributed by atoms with van der Waals surface area (Å²) in [6.45, 7) is 9.19. The molecule has 2 aromatic carbocycles. The van der Waals surface area contributed by atoms with E-state index in [1.165, 1.54) is 0 Å². The molecular weight excluding hydrogens is 327 g/mol. The van der Waals surface area contributed by atoms with Crippen LogP contribution in [-0.2, 0) is 0 Å². The van der Waals surface area contributed by atoms with Gasteiger partial charge in [-0.05, 0) is 30.7 Å². The van der Waals surface area contributed by atoms with E-state index in [0.29, 0.717) is 17.7 Å². The fraction of sp³-hybridized carbons (Fsp3) is 0.455. The fourth-order valence-corrected chi connectivity index (χ4v) is 3.65. The molecule has 26 heavy (non-hydrogen) atoms. The third-order valence-electron chi connectivity index (χ3n) is 5.27. The largest absolute Gasteiger partial charge is 0.496 e. The minimum Gasteiger partial charge on any atom is -0.496 e. The van der Waals surface area contributed by atoms with Gasteiger partial charge in [0.1, 0.15) is 11.9 Å². The highest BCUT2D eigenvalue weighted by molar-refractivity contribution is 5.77. The van der Waals surface area contributed by atoms with Gasteiger partial charge in [-0.3, -0.25) is 0 Å². The molecule has 3 nitrogen and oxygen atoms in total. The molecule has 3 rings (SSSR count). The minimum absolute atomic E-state index is 0.442. The molecule has 1 aliphatic heterocycles. The lowest BCUT2D eigenvalue weighted by molar-refractivity contribution is 0.271. The third-order valence-corrected chi connectivity index (χ3v) is 5.27. The Bertz CT molecular complexity index is 712. The lowest BCUT2D eigenvalue weighted by atomic mass is 9.96.